The minimum absolute atomic E-state index is 0.00103. The second kappa shape index (κ2) is 8.03. The Bertz CT molecular complexity index is 830. The van der Waals surface area contributed by atoms with Gasteiger partial charge in [-0.15, -0.1) is 11.3 Å². The van der Waals surface area contributed by atoms with Crippen molar-refractivity contribution >= 4 is 22.9 Å². The molecule has 3 rings (SSSR count). The molecule has 5 heteroatoms. The van der Waals surface area contributed by atoms with Crippen molar-refractivity contribution < 1.29 is 9.18 Å². The molecule has 0 atom stereocenters. The number of aryl methyl sites for hydroxylation is 2. The summed E-state index contributed by atoms with van der Waals surface area (Å²) >= 11 is 1.56. The van der Waals surface area contributed by atoms with Gasteiger partial charge in [0.1, 0.15) is 5.82 Å². The SMILES string of the molecule is Cc1nc(CN(C(=O)CCc2ccccc2)c2ccc(F)cc2)cs1. The van der Waals surface area contributed by atoms with Crippen LogP contribution in [-0.2, 0) is 17.8 Å². The highest BCUT2D eigenvalue weighted by Gasteiger charge is 2.17. The topological polar surface area (TPSA) is 33.2 Å². The van der Waals surface area contributed by atoms with Crippen LogP contribution < -0.4 is 4.90 Å². The number of hydrogen-bond donors (Lipinski definition) is 0. The summed E-state index contributed by atoms with van der Waals surface area (Å²) in [6.45, 7) is 2.33. The van der Waals surface area contributed by atoms with Gasteiger partial charge in [0, 0.05) is 17.5 Å². The van der Waals surface area contributed by atoms with Crippen LogP contribution in [0, 0.1) is 12.7 Å². The molecule has 3 nitrogen and oxygen atoms in total. The van der Waals surface area contributed by atoms with Crippen molar-refractivity contribution in [3.05, 3.63) is 82.1 Å². The van der Waals surface area contributed by atoms with Gasteiger partial charge in [-0.3, -0.25) is 4.79 Å². The molecule has 1 heterocycles. The molecule has 1 amide bonds. The first-order valence-corrected chi connectivity index (χ1v) is 9.00. The molecule has 0 unspecified atom stereocenters. The Labute approximate surface area is 150 Å². The number of hydrogen-bond acceptors (Lipinski definition) is 3. The van der Waals surface area contributed by atoms with Crippen LogP contribution in [0.1, 0.15) is 22.7 Å². The molecule has 0 saturated heterocycles. The molecule has 0 spiro atoms. The fourth-order valence-electron chi connectivity index (χ4n) is 2.62. The van der Waals surface area contributed by atoms with Crippen molar-refractivity contribution in [3.63, 3.8) is 0 Å². The van der Waals surface area contributed by atoms with E-state index in [2.05, 4.69) is 4.98 Å². The van der Waals surface area contributed by atoms with Crippen molar-refractivity contribution in [1.29, 1.82) is 0 Å². The van der Waals surface area contributed by atoms with Crippen molar-refractivity contribution in [2.45, 2.75) is 26.3 Å². The molecule has 0 fully saturated rings. The zero-order chi connectivity index (χ0) is 17.6. The van der Waals surface area contributed by atoms with Gasteiger partial charge in [-0.1, -0.05) is 30.3 Å². The molecule has 2 aromatic carbocycles. The highest BCUT2D eigenvalue weighted by Crippen LogP contribution is 2.20. The third-order valence-electron chi connectivity index (χ3n) is 3.90. The predicted molar refractivity (Wildman–Crippen MR) is 99.2 cm³/mol. The van der Waals surface area contributed by atoms with E-state index in [0.29, 0.717) is 25.1 Å². The number of nitrogens with zero attached hydrogens (tertiary/aromatic N) is 2. The van der Waals surface area contributed by atoms with Gasteiger partial charge in [0.05, 0.1) is 17.2 Å². The van der Waals surface area contributed by atoms with Crippen LogP contribution in [0.5, 0.6) is 0 Å². The Kier molecular flexibility index (Phi) is 5.56. The summed E-state index contributed by atoms with van der Waals surface area (Å²) < 4.78 is 13.2. The quantitative estimate of drug-likeness (QED) is 0.640. The smallest absolute Gasteiger partial charge is 0.227 e. The fourth-order valence-corrected chi connectivity index (χ4v) is 3.22. The van der Waals surface area contributed by atoms with Crippen LogP contribution in [0.2, 0.25) is 0 Å². The lowest BCUT2D eigenvalue weighted by Crippen LogP contribution is -2.30. The lowest BCUT2D eigenvalue weighted by Gasteiger charge is -2.22. The average Bonchev–Trinajstić information content (AvgIpc) is 3.04. The van der Waals surface area contributed by atoms with E-state index < -0.39 is 0 Å². The third-order valence-corrected chi connectivity index (χ3v) is 4.72. The average molecular weight is 354 g/mol. The molecule has 0 aliphatic carbocycles. The van der Waals surface area contributed by atoms with Crippen molar-refractivity contribution in [2.75, 3.05) is 4.90 Å². The van der Waals surface area contributed by atoms with E-state index in [-0.39, 0.29) is 11.7 Å². The third kappa shape index (κ3) is 4.73. The van der Waals surface area contributed by atoms with E-state index >= 15 is 0 Å². The Morgan fingerprint density at radius 2 is 1.84 bits per heavy atom. The molecular formula is C20H19FN2OS. The van der Waals surface area contributed by atoms with Gasteiger partial charge < -0.3 is 4.90 Å². The number of benzene rings is 2. The Morgan fingerprint density at radius 1 is 1.12 bits per heavy atom. The summed E-state index contributed by atoms with van der Waals surface area (Å²) in [4.78, 5) is 18.9. The summed E-state index contributed by atoms with van der Waals surface area (Å²) in [6, 6.07) is 15.9. The minimum Gasteiger partial charge on any atom is -0.306 e. The largest absolute Gasteiger partial charge is 0.306 e. The number of amides is 1. The molecule has 0 aliphatic rings. The monoisotopic (exact) mass is 354 g/mol. The lowest BCUT2D eigenvalue weighted by atomic mass is 10.1. The number of halogens is 1. The van der Waals surface area contributed by atoms with E-state index in [9.17, 15) is 9.18 Å². The van der Waals surface area contributed by atoms with E-state index in [4.69, 9.17) is 0 Å². The Hall–Kier alpha value is -2.53. The second-order valence-corrected chi connectivity index (χ2v) is 6.86. The molecule has 0 aliphatic heterocycles. The number of thiazole rings is 1. The van der Waals surface area contributed by atoms with Crippen LogP contribution in [-0.4, -0.2) is 10.9 Å². The summed E-state index contributed by atoms with van der Waals surface area (Å²) in [7, 11) is 0. The van der Waals surface area contributed by atoms with Gasteiger partial charge >= 0.3 is 0 Å². The summed E-state index contributed by atoms with van der Waals surface area (Å²) in [5.74, 6) is -0.314. The number of rotatable bonds is 6. The molecule has 1 aromatic heterocycles. The number of aromatic nitrogens is 1. The highest BCUT2D eigenvalue weighted by molar-refractivity contribution is 7.09. The maximum absolute atomic E-state index is 13.2. The number of anilines is 1. The van der Waals surface area contributed by atoms with Crippen LogP contribution in [0.3, 0.4) is 0 Å². The first-order valence-electron chi connectivity index (χ1n) is 8.12. The van der Waals surface area contributed by atoms with E-state index in [1.54, 1.807) is 28.4 Å². The highest BCUT2D eigenvalue weighted by atomic mass is 32.1. The normalized spacial score (nSPS) is 10.6. The lowest BCUT2D eigenvalue weighted by molar-refractivity contribution is -0.118. The Morgan fingerprint density at radius 3 is 2.48 bits per heavy atom. The second-order valence-electron chi connectivity index (χ2n) is 5.80. The molecular weight excluding hydrogens is 335 g/mol. The number of carbonyl (C=O) groups excluding carboxylic acids is 1. The van der Waals surface area contributed by atoms with Gasteiger partial charge in [-0.2, -0.15) is 0 Å². The zero-order valence-corrected chi connectivity index (χ0v) is 14.8. The maximum Gasteiger partial charge on any atom is 0.227 e. The maximum atomic E-state index is 13.2. The molecule has 3 aromatic rings. The van der Waals surface area contributed by atoms with Gasteiger partial charge in [-0.05, 0) is 43.2 Å². The Balaban J connectivity index is 1.77. The standard InChI is InChI=1S/C20H19FN2OS/c1-15-22-18(14-25-15)13-23(19-10-8-17(21)9-11-19)20(24)12-7-16-5-3-2-4-6-16/h2-6,8-11,14H,7,12-13H2,1H3. The van der Waals surface area contributed by atoms with Crippen molar-refractivity contribution in [1.82, 2.24) is 4.98 Å². The van der Waals surface area contributed by atoms with E-state index in [0.717, 1.165) is 16.3 Å². The molecule has 0 N–H and O–H groups in total. The summed E-state index contributed by atoms with van der Waals surface area (Å²) in [5.41, 5.74) is 2.66. The van der Waals surface area contributed by atoms with E-state index in [1.807, 2.05) is 42.6 Å². The van der Waals surface area contributed by atoms with Crippen LogP contribution in [0.15, 0.2) is 60.0 Å². The van der Waals surface area contributed by atoms with Gasteiger partial charge in [-0.25, -0.2) is 9.37 Å². The first-order chi connectivity index (χ1) is 12.1. The molecule has 0 bridgehead atoms. The van der Waals surface area contributed by atoms with Gasteiger partial charge in [0.2, 0.25) is 5.91 Å². The molecule has 0 radical (unpaired) electrons. The van der Waals surface area contributed by atoms with Crippen LogP contribution in [0.25, 0.3) is 0 Å². The number of carbonyl (C=O) groups is 1. The van der Waals surface area contributed by atoms with Gasteiger partial charge in [0.15, 0.2) is 0 Å². The summed E-state index contributed by atoms with van der Waals surface area (Å²) in [5, 5.41) is 2.92. The van der Waals surface area contributed by atoms with E-state index in [1.165, 1.54) is 12.1 Å². The molecule has 128 valence electrons. The summed E-state index contributed by atoms with van der Waals surface area (Å²) in [6.07, 6.45) is 1.07. The predicted octanol–water partition coefficient (Wildman–Crippen LogP) is 4.76. The molecule has 25 heavy (non-hydrogen) atoms. The van der Waals surface area contributed by atoms with Gasteiger partial charge in [0.25, 0.3) is 0 Å². The fraction of sp³-hybridized carbons (Fsp3) is 0.200. The zero-order valence-electron chi connectivity index (χ0n) is 14.0. The molecule has 0 saturated carbocycles. The van der Waals surface area contributed by atoms with Crippen LogP contribution in [0.4, 0.5) is 10.1 Å². The minimum atomic E-state index is -0.315. The first kappa shape index (κ1) is 17.3. The van der Waals surface area contributed by atoms with Crippen LogP contribution >= 0.6 is 11.3 Å². The van der Waals surface area contributed by atoms with Crippen molar-refractivity contribution in [3.8, 4) is 0 Å². The van der Waals surface area contributed by atoms with Crippen molar-refractivity contribution in [2.24, 2.45) is 0 Å².